The molecule has 0 aromatic rings. The molecule has 1 aliphatic carbocycles. The van der Waals surface area contributed by atoms with Gasteiger partial charge in [0.15, 0.2) is 0 Å². The molecule has 1 heterocycles. The number of esters is 1. The third kappa shape index (κ3) is 2.90. The molecule has 0 spiro atoms. The van der Waals surface area contributed by atoms with Gasteiger partial charge in [0.05, 0.1) is 18.1 Å². The van der Waals surface area contributed by atoms with Gasteiger partial charge in [0, 0.05) is 12.3 Å². The van der Waals surface area contributed by atoms with Crippen molar-refractivity contribution in [2.24, 2.45) is 11.8 Å². The predicted octanol–water partition coefficient (Wildman–Crippen LogP) is 1.57. The summed E-state index contributed by atoms with van der Waals surface area (Å²) in [7, 11) is 0. The predicted molar refractivity (Wildman–Crippen MR) is 71.3 cm³/mol. The zero-order chi connectivity index (χ0) is 14.2. The van der Waals surface area contributed by atoms with Crippen molar-refractivity contribution in [3.05, 3.63) is 23.8 Å². The van der Waals surface area contributed by atoms with Crippen LogP contribution in [-0.4, -0.2) is 34.5 Å². The SMILES string of the molecule is C=C1CC[C@H]2[C@H](C)C(=O)O[C@@H]2/C=C(\C)[C@@H](O)C[C@H]1O. The number of ether oxygens (including phenoxy) is 1. The number of carbonyl (C=O) groups excluding carboxylic acids is 1. The molecule has 2 aliphatic rings. The minimum atomic E-state index is -0.722. The fourth-order valence-electron chi connectivity index (χ4n) is 2.81. The Balaban J connectivity index is 2.27. The average molecular weight is 266 g/mol. The van der Waals surface area contributed by atoms with Crippen molar-refractivity contribution in [1.82, 2.24) is 0 Å². The van der Waals surface area contributed by atoms with E-state index < -0.39 is 12.2 Å². The molecule has 1 fully saturated rings. The maximum absolute atomic E-state index is 11.7. The van der Waals surface area contributed by atoms with Gasteiger partial charge in [-0.3, -0.25) is 4.79 Å². The number of hydrogen-bond acceptors (Lipinski definition) is 4. The third-order valence-electron chi connectivity index (χ3n) is 4.36. The maximum Gasteiger partial charge on any atom is 0.309 e. The number of hydrogen-bond donors (Lipinski definition) is 2. The first kappa shape index (κ1) is 14.3. The summed E-state index contributed by atoms with van der Waals surface area (Å²) < 4.78 is 5.37. The fourth-order valence-corrected chi connectivity index (χ4v) is 2.81. The highest BCUT2D eigenvalue weighted by Crippen LogP contribution is 2.35. The molecular formula is C15H22O4. The summed E-state index contributed by atoms with van der Waals surface area (Å²) in [6.45, 7) is 7.55. The van der Waals surface area contributed by atoms with E-state index >= 15 is 0 Å². The molecule has 0 aromatic heterocycles. The maximum atomic E-state index is 11.7. The van der Waals surface area contributed by atoms with Crippen LogP contribution in [0.2, 0.25) is 0 Å². The van der Waals surface area contributed by atoms with Gasteiger partial charge >= 0.3 is 5.97 Å². The van der Waals surface area contributed by atoms with E-state index in [4.69, 9.17) is 4.74 Å². The Morgan fingerprint density at radius 2 is 2.05 bits per heavy atom. The van der Waals surface area contributed by atoms with Crippen LogP contribution in [0, 0.1) is 11.8 Å². The van der Waals surface area contributed by atoms with Gasteiger partial charge in [-0.05, 0) is 37.0 Å². The van der Waals surface area contributed by atoms with E-state index in [-0.39, 0.29) is 30.3 Å². The highest BCUT2D eigenvalue weighted by molar-refractivity contribution is 5.75. The topological polar surface area (TPSA) is 66.8 Å². The Labute approximate surface area is 113 Å². The molecule has 4 nitrogen and oxygen atoms in total. The summed E-state index contributed by atoms with van der Waals surface area (Å²) in [6.07, 6.45) is 1.83. The lowest BCUT2D eigenvalue weighted by molar-refractivity contribution is -0.142. The molecule has 0 amide bonds. The second-order valence-corrected chi connectivity index (χ2v) is 5.73. The van der Waals surface area contributed by atoms with Crippen LogP contribution in [-0.2, 0) is 9.53 Å². The van der Waals surface area contributed by atoms with Gasteiger partial charge in [-0.15, -0.1) is 0 Å². The third-order valence-corrected chi connectivity index (χ3v) is 4.36. The lowest BCUT2D eigenvalue weighted by Gasteiger charge is -2.24. The number of rotatable bonds is 0. The van der Waals surface area contributed by atoms with Crippen molar-refractivity contribution in [3.63, 3.8) is 0 Å². The van der Waals surface area contributed by atoms with Crippen LogP contribution in [0.5, 0.6) is 0 Å². The van der Waals surface area contributed by atoms with Gasteiger partial charge in [0.25, 0.3) is 0 Å². The molecule has 5 atom stereocenters. The van der Waals surface area contributed by atoms with E-state index in [0.717, 1.165) is 17.6 Å². The highest BCUT2D eigenvalue weighted by atomic mass is 16.6. The van der Waals surface area contributed by atoms with E-state index in [2.05, 4.69) is 6.58 Å². The Morgan fingerprint density at radius 1 is 1.37 bits per heavy atom. The second-order valence-electron chi connectivity index (χ2n) is 5.73. The van der Waals surface area contributed by atoms with Crippen LogP contribution in [0.1, 0.15) is 33.1 Å². The quantitative estimate of drug-likeness (QED) is 0.516. The molecule has 0 unspecified atom stereocenters. The fraction of sp³-hybridized carbons (Fsp3) is 0.667. The lowest BCUT2D eigenvalue weighted by Crippen LogP contribution is -2.26. The van der Waals surface area contributed by atoms with Crippen molar-refractivity contribution < 1.29 is 19.7 Å². The second kappa shape index (κ2) is 5.47. The molecule has 0 aromatic carbocycles. The summed E-state index contributed by atoms with van der Waals surface area (Å²) in [5.41, 5.74) is 1.46. The van der Waals surface area contributed by atoms with E-state index in [1.54, 1.807) is 6.92 Å². The highest BCUT2D eigenvalue weighted by Gasteiger charge is 2.41. The van der Waals surface area contributed by atoms with Crippen LogP contribution in [0.15, 0.2) is 23.8 Å². The standard InChI is InChI=1S/C15H22O4/c1-8-4-5-11-10(3)15(18)19-14(11)6-9(2)13(17)7-12(8)16/h6,10-14,16-17H,1,4-5,7H2,2-3H3/b9-6+/t10-,11-,12+,13-,14+/m0/s1. The first-order valence-electron chi connectivity index (χ1n) is 6.82. The van der Waals surface area contributed by atoms with Crippen LogP contribution < -0.4 is 0 Å². The van der Waals surface area contributed by atoms with Gasteiger partial charge in [-0.2, -0.15) is 0 Å². The molecule has 2 rings (SSSR count). The molecule has 0 radical (unpaired) electrons. The molecule has 2 N–H and O–H groups in total. The van der Waals surface area contributed by atoms with Crippen LogP contribution in [0.3, 0.4) is 0 Å². The van der Waals surface area contributed by atoms with E-state index in [9.17, 15) is 15.0 Å². The van der Waals surface area contributed by atoms with Crippen LogP contribution >= 0.6 is 0 Å². The number of carbonyl (C=O) groups is 1. The van der Waals surface area contributed by atoms with Gasteiger partial charge in [-0.1, -0.05) is 13.5 Å². The van der Waals surface area contributed by atoms with Crippen LogP contribution in [0.4, 0.5) is 0 Å². The first-order valence-corrected chi connectivity index (χ1v) is 6.82. The van der Waals surface area contributed by atoms with Gasteiger partial charge in [0.1, 0.15) is 6.10 Å². The van der Waals surface area contributed by atoms with Gasteiger partial charge in [-0.25, -0.2) is 0 Å². The Hall–Kier alpha value is -1.13. The molecule has 19 heavy (non-hydrogen) atoms. The molecule has 0 saturated carbocycles. The van der Waals surface area contributed by atoms with E-state index in [1.165, 1.54) is 0 Å². The zero-order valence-electron chi connectivity index (χ0n) is 11.5. The van der Waals surface area contributed by atoms with E-state index in [0.29, 0.717) is 6.42 Å². The first-order chi connectivity index (χ1) is 8.90. The summed E-state index contributed by atoms with van der Waals surface area (Å²) >= 11 is 0. The van der Waals surface area contributed by atoms with Crippen LogP contribution in [0.25, 0.3) is 0 Å². The van der Waals surface area contributed by atoms with Crippen molar-refractivity contribution in [2.75, 3.05) is 0 Å². The molecular weight excluding hydrogens is 244 g/mol. The smallest absolute Gasteiger partial charge is 0.309 e. The molecule has 106 valence electrons. The number of aliphatic hydroxyl groups excluding tert-OH is 2. The summed E-state index contributed by atoms with van der Waals surface area (Å²) in [6, 6.07) is 0. The average Bonchev–Trinajstić information content (AvgIpc) is 2.61. The minimum absolute atomic E-state index is 0.0942. The Bertz CT molecular complexity index is 412. The lowest BCUT2D eigenvalue weighted by atomic mass is 9.83. The van der Waals surface area contributed by atoms with Gasteiger partial charge in [0.2, 0.25) is 0 Å². The largest absolute Gasteiger partial charge is 0.458 e. The summed E-state index contributed by atoms with van der Waals surface area (Å²) in [5, 5.41) is 20.0. The van der Waals surface area contributed by atoms with Crippen molar-refractivity contribution in [1.29, 1.82) is 0 Å². The van der Waals surface area contributed by atoms with Crippen molar-refractivity contribution >= 4 is 5.97 Å². The van der Waals surface area contributed by atoms with E-state index in [1.807, 2.05) is 13.0 Å². The molecule has 1 aliphatic heterocycles. The van der Waals surface area contributed by atoms with Crippen molar-refractivity contribution in [3.8, 4) is 0 Å². The van der Waals surface area contributed by atoms with Gasteiger partial charge < -0.3 is 14.9 Å². The summed E-state index contributed by atoms with van der Waals surface area (Å²) in [5.74, 6) is -0.230. The monoisotopic (exact) mass is 266 g/mol. The Kier molecular flexibility index (Phi) is 4.11. The zero-order valence-corrected chi connectivity index (χ0v) is 11.5. The Morgan fingerprint density at radius 3 is 2.74 bits per heavy atom. The molecule has 0 bridgehead atoms. The number of aliphatic hydroxyl groups is 2. The number of fused-ring (bicyclic) bond motifs is 1. The normalized spacial score (nSPS) is 43.2. The van der Waals surface area contributed by atoms with Crippen molar-refractivity contribution in [2.45, 2.75) is 51.4 Å². The summed E-state index contributed by atoms with van der Waals surface area (Å²) in [4.78, 5) is 11.7. The minimum Gasteiger partial charge on any atom is -0.458 e. The molecule has 1 saturated heterocycles. The molecule has 4 heteroatoms.